The van der Waals surface area contributed by atoms with E-state index in [2.05, 4.69) is 9.36 Å². The molecule has 1 unspecified atom stereocenters. The van der Waals surface area contributed by atoms with Gasteiger partial charge in [0.2, 0.25) is 0 Å². The third-order valence-electron chi connectivity index (χ3n) is 2.18. The van der Waals surface area contributed by atoms with Crippen LogP contribution in [0.3, 0.4) is 0 Å². The van der Waals surface area contributed by atoms with Crippen LogP contribution in [0.15, 0.2) is 34.9 Å². The van der Waals surface area contributed by atoms with E-state index in [4.69, 9.17) is 4.74 Å². The molecule has 6 heteroatoms. The smallest absolute Gasteiger partial charge is 0.169 e. The Morgan fingerprint density at radius 3 is 3.12 bits per heavy atom. The van der Waals surface area contributed by atoms with Crippen LogP contribution in [-0.4, -0.2) is 27.3 Å². The summed E-state index contributed by atoms with van der Waals surface area (Å²) in [6.45, 7) is 0. The third-order valence-corrected chi connectivity index (χ3v) is 4.06. The first-order valence-corrected chi connectivity index (χ1v) is 6.77. The maximum atomic E-state index is 10.0. The molecular weight excluding hydrogens is 256 g/mol. The normalized spacial score (nSPS) is 12.4. The van der Waals surface area contributed by atoms with Crippen molar-refractivity contribution in [1.29, 1.82) is 0 Å². The highest BCUT2D eigenvalue weighted by atomic mass is 32.2. The van der Waals surface area contributed by atoms with E-state index in [1.807, 2.05) is 24.3 Å². The van der Waals surface area contributed by atoms with Crippen molar-refractivity contribution in [2.75, 3.05) is 12.9 Å². The van der Waals surface area contributed by atoms with Crippen LogP contribution < -0.4 is 4.74 Å². The number of ether oxygens (including phenoxy) is 1. The number of aromatic nitrogens is 2. The van der Waals surface area contributed by atoms with Crippen molar-refractivity contribution >= 4 is 23.3 Å². The first kappa shape index (κ1) is 12.3. The summed E-state index contributed by atoms with van der Waals surface area (Å²) in [6, 6.07) is 7.44. The molecule has 90 valence electrons. The van der Waals surface area contributed by atoms with Crippen molar-refractivity contribution in [2.45, 2.75) is 10.4 Å². The van der Waals surface area contributed by atoms with Crippen LogP contribution in [0.5, 0.6) is 5.75 Å². The summed E-state index contributed by atoms with van der Waals surface area (Å²) in [6.07, 6.45) is 0.990. The van der Waals surface area contributed by atoms with Gasteiger partial charge in [0.15, 0.2) is 4.34 Å². The lowest BCUT2D eigenvalue weighted by Crippen LogP contribution is -2.00. The molecule has 1 aromatic heterocycles. The minimum absolute atomic E-state index is 0.529. The third kappa shape index (κ3) is 3.42. The van der Waals surface area contributed by atoms with Crippen molar-refractivity contribution in [1.82, 2.24) is 9.36 Å². The molecule has 0 saturated carbocycles. The maximum absolute atomic E-state index is 10.0. The van der Waals surface area contributed by atoms with Gasteiger partial charge in [-0.1, -0.05) is 23.9 Å². The molecular formula is C11H12N2O2S2. The number of hydrogen-bond acceptors (Lipinski definition) is 6. The lowest BCUT2D eigenvalue weighted by molar-refractivity contribution is 0.203. The summed E-state index contributed by atoms with van der Waals surface area (Å²) in [5.41, 5.74) is 0.848. The zero-order valence-electron chi connectivity index (χ0n) is 9.24. The van der Waals surface area contributed by atoms with Gasteiger partial charge in [-0.05, 0) is 29.2 Å². The molecule has 0 radical (unpaired) electrons. The number of aliphatic hydroxyl groups excluding tert-OH is 1. The van der Waals surface area contributed by atoms with Gasteiger partial charge in [0.1, 0.15) is 12.1 Å². The van der Waals surface area contributed by atoms with Crippen LogP contribution in [0.4, 0.5) is 0 Å². The molecule has 1 atom stereocenters. The van der Waals surface area contributed by atoms with E-state index in [0.29, 0.717) is 5.75 Å². The highest BCUT2D eigenvalue weighted by Gasteiger charge is 2.10. The zero-order chi connectivity index (χ0) is 12.1. The van der Waals surface area contributed by atoms with Crippen molar-refractivity contribution < 1.29 is 9.84 Å². The van der Waals surface area contributed by atoms with Gasteiger partial charge in [-0.2, -0.15) is 4.37 Å². The Kier molecular flexibility index (Phi) is 4.36. The Bertz CT molecular complexity index is 462. The minimum atomic E-state index is -0.529. The van der Waals surface area contributed by atoms with Crippen LogP contribution in [0, 0.1) is 0 Å². The van der Waals surface area contributed by atoms with Crippen molar-refractivity contribution in [2.24, 2.45) is 0 Å². The first-order valence-electron chi connectivity index (χ1n) is 5.01. The average Bonchev–Trinajstić information content (AvgIpc) is 2.89. The Morgan fingerprint density at radius 1 is 1.53 bits per heavy atom. The van der Waals surface area contributed by atoms with Gasteiger partial charge in [0.25, 0.3) is 0 Å². The summed E-state index contributed by atoms with van der Waals surface area (Å²) >= 11 is 2.83. The second-order valence-corrected chi connectivity index (χ2v) is 5.36. The molecule has 17 heavy (non-hydrogen) atoms. The predicted octanol–water partition coefficient (Wildman–Crippen LogP) is 2.37. The molecule has 0 bridgehead atoms. The fraction of sp³-hybridized carbons (Fsp3) is 0.273. The van der Waals surface area contributed by atoms with Gasteiger partial charge < -0.3 is 9.84 Å². The second kappa shape index (κ2) is 6.00. The first-order chi connectivity index (χ1) is 8.29. The molecule has 0 fully saturated rings. The van der Waals surface area contributed by atoms with Crippen molar-refractivity contribution in [3.63, 3.8) is 0 Å². The van der Waals surface area contributed by atoms with Gasteiger partial charge in [0, 0.05) is 5.75 Å². The largest absolute Gasteiger partial charge is 0.497 e. The Labute approximate surface area is 108 Å². The van der Waals surface area contributed by atoms with E-state index < -0.39 is 6.10 Å². The van der Waals surface area contributed by atoms with Crippen LogP contribution in [0.2, 0.25) is 0 Å². The second-order valence-electron chi connectivity index (χ2n) is 3.31. The van der Waals surface area contributed by atoms with Gasteiger partial charge >= 0.3 is 0 Å². The number of rotatable bonds is 5. The maximum Gasteiger partial charge on any atom is 0.169 e. The van der Waals surface area contributed by atoms with Crippen molar-refractivity contribution in [3.05, 3.63) is 36.2 Å². The molecule has 0 spiro atoms. The van der Waals surface area contributed by atoms with Gasteiger partial charge in [-0.15, -0.1) is 0 Å². The molecule has 1 aromatic carbocycles. The Hall–Kier alpha value is -1.11. The molecule has 2 aromatic rings. The number of nitrogens with zero attached hydrogens (tertiary/aromatic N) is 2. The molecule has 2 rings (SSSR count). The lowest BCUT2D eigenvalue weighted by Gasteiger charge is -2.10. The number of hydrogen-bond donors (Lipinski definition) is 1. The molecule has 0 aliphatic heterocycles. The number of aliphatic hydroxyl groups is 1. The van der Waals surface area contributed by atoms with E-state index in [0.717, 1.165) is 15.7 Å². The topological polar surface area (TPSA) is 55.2 Å². The molecule has 4 nitrogen and oxygen atoms in total. The monoisotopic (exact) mass is 268 g/mol. The lowest BCUT2D eigenvalue weighted by atomic mass is 10.1. The van der Waals surface area contributed by atoms with E-state index in [1.54, 1.807) is 7.11 Å². The Morgan fingerprint density at radius 2 is 2.41 bits per heavy atom. The predicted molar refractivity (Wildman–Crippen MR) is 68.6 cm³/mol. The van der Waals surface area contributed by atoms with Crippen LogP contribution in [0.1, 0.15) is 11.7 Å². The number of benzene rings is 1. The molecule has 1 heterocycles. The van der Waals surface area contributed by atoms with E-state index >= 15 is 0 Å². The average molecular weight is 268 g/mol. The number of methoxy groups -OCH3 is 1. The molecule has 0 aliphatic rings. The SMILES string of the molecule is COc1cccc(C(O)CSc2ncns2)c1. The summed E-state index contributed by atoms with van der Waals surface area (Å²) in [5.74, 6) is 1.31. The summed E-state index contributed by atoms with van der Waals surface area (Å²) in [5, 5.41) is 10.0. The standard InChI is InChI=1S/C11H12N2O2S2/c1-15-9-4-2-3-8(5-9)10(14)6-16-11-12-7-13-17-11/h2-5,7,10,14H,6H2,1H3. The number of thioether (sulfide) groups is 1. The minimum Gasteiger partial charge on any atom is -0.497 e. The fourth-order valence-corrected chi connectivity index (χ4v) is 2.76. The van der Waals surface area contributed by atoms with Crippen LogP contribution in [-0.2, 0) is 0 Å². The van der Waals surface area contributed by atoms with E-state index in [-0.39, 0.29) is 0 Å². The van der Waals surface area contributed by atoms with E-state index in [9.17, 15) is 5.11 Å². The van der Waals surface area contributed by atoms with E-state index in [1.165, 1.54) is 29.6 Å². The fourth-order valence-electron chi connectivity index (χ4n) is 1.32. The molecule has 1 N–H and O–H groups in total. The highest BCUT2D eigenvalue weighted by Crippen LogP contribution is 2.26. The van der Waals surface area contributed by atoms with Gasteiger partial charge in [-0.3, -0.25) is 0 Å². The summed E-state index contributed by atoms with van der Waals surface area (Å²) < 4.78 is 9.89. The van der Waals surface area contributed by atoms with Crippen LogP contribution in [0.25, 0.3) is 0 Å². The molecule has 0 amide bonds. The highest BCUT2D eigenvalue weighted by molar-refractivity contribution is 8.00. The van der Waals surface area contributed by atoms with Gasteiger partial charge in [0.05, 0.1) is 13.2 Å². The quantitative estimate of drug-likeness (QED) is 0.844. The van der Waals surface area contributed by atoms with Crippen molar-refractivity contribution in [3.8, 4) is 5.75 Å². The van der Waals surface area contributed by atoms with Crippen LogP contribution >= 0.6 is 23.3 Å². The molecule has 0 aliphatic carbocycles. The molecule has 0 saturated heterocycles. The summed E-state index contributed by atoms with van der Waals surface area (Å²) in [7, 11) is 1.61. The summed E-state index contributed by atoms with van der Waals surface area (Å²) in [4.78, 5) is 4.05. The zero-order valence-corrected chi connectivity index (χ0v) is 10.9. The Balaban J connectivity index is 1.96. The van der Waals surface area contributed by atoms with Gasteiger partial charge in [-0.25, -0.2) is 4.98 Å².